The largest absolute Gasteiger partial charge is 0.375 e. The summed E-state index contributed by atoms with van der Waals surface area (Å²) in [5, 5.41) is 4.06. The van der Waals surface area contributed by atoms with Gasteiger partial charge in [0.2, 0.25) is 5.91 Å². The van der Waals surface area contributed by atoms with Crippen LogP contribution in [0.25, 0.3) is 0 Å². The van der Waals surface area contributed by atoms with Crippen LogP contribution < -0.4 is 5.32 Å². The third-order valence-electron chi connectivity index (χ3n) is 3.33. The van der Waals surface area contributed by atoms with Gasteiger partial charge in [-0.25, -0.2) is 0 Å². The molecule has 0 aromatic heterocycles. The summed E-state index contributed by atoms with van der Waals surface area (Å²) >= 11 is 12.2. The molecule has 1 unspecified atom stereocenters. The van der Waals surface area contributed by atoms with Gasteiger partial charge in [0, 0.05) is 29.3 Å². The Morgan fingerprint density at radius 3 is 2.36 bits per heavy atom. The first-order valence-corrected chi connectivity index (χ1v) is 7.64. The van der Waals surface area contributed by atoms with Gasteiger partial charge in [-0.1, -0.05) is 59.6 Å². The number of amides is 1. The normalized spacial score (nSPS) is 12.0. The van der Waals surface area contributed by atoms with Crippen molar-refractivity contribution >= 4 is 29.1 Å². The van der Waals surface area contributed by atoms with Crippen molar-refractivity contribution in [2.45, 2.75) is 12.5 Å². The van der Waals surface area contributed by atoms with Gasteiger partial charge in [-0.2, -0.15) is 0 Å². The van der Waals surface area contributed by atoms with Gasteiger partial charge >= 0.3 is 0 Å². The predicted octanol–water partition coefficient (Wildman–Crippen LogP) is 4.04. The molecule has 3 nitrogen and oxygen atoms in total. The van der Waals surface area contributed by atoms with Crippen LogP contribution in [0, 0.1) is 0 Å². The first-order chi connectivity index (χ1) is 10.6. The van der Waals surface area contributed by atoms with Gasteiger partial charge in [0.15, 0.2) is 0 Å². The zero-order valence-electron chi connectivity index (χ0n) is 12.2. The fourth-order valence-corrected chi connectivity index (χ4v) is 2.60. The Hall–Kier alpha value is -1.55. The highest BCUT2D eigenvalue weighted by Crippen LogP contribution is 2.24. The van der Waals surface area contributed by atoms with E-state index < -0.39 is 0 Å². The average molecular weight is 338 g/mol. The van der Waals surface area contributed by atoms with Gasteiger partial charge in [-0.05, 0) is 17.7 Å². The van der Waals surface area contributed by atoms with E-state index in [0.717, 1.165) is 11.1 Å². The zero-order valence-corrected chi connectivity index (χ0v) is 13.7. The van der Waals surface area contributed by atoms with Crippen molar-refractivity contribution in [1.82, 2.24) is 5.32 Å². The minimum Gasteiger partial charge on any atom is -0.375 e. The lowest BCUT2D eigenvalue weighted by molar-refractivity contribution is -0.121. The Bertz CT molecular complexity index is 646. The molecule has 5 heteroatoms. The number of methoxy groups -OCH3 is 1. The molecule has 116 valence electrons. The quantitative estimate of drug-likeness (QED) is 0.863. The van der Waals surface area contributed by atoms with E-state index in [-0.39, 0.29) is 18.4 Å². The third kappa shape index (κ3) is 4.47. The van der Waals surface area contributed by atoms with Crippen LogP contribution in [0.15, 0.2) is 48.5 Å². The molecular formula is C17H17Cl2NO2. The molecule has 0 bridgehead atoms. The van der Waals surface area contributed by atoms with E-state index in [1.54, 1.807) is 19.2 Å². The summed E-state index contributed by atoms with van der Waals surface area (Å²) in [5.41, 5.74) is 1.65. The van der Waals surface area contributed by atoms with Gasteiger partial charge in [0.1, 0.15) is 6.10 Å². The van der Waals surface area contributed by atoms with Crippen molar-refractivity contribution in [3.63, 3.8) is 0 Å². The molecule has 0 spiro atoms. The van der Waals surface area contributed by atoms with Crippen LogP contribution in [0.5, 0.6) is 0 Å². The van der Waals surface area contributed by atoms with E-state index in [1.807, 2.05) is 36.4 Å². The summed E-state index contributed by atoms with van der Waals surface area (Å²) < 4.78 is 5.42. The fraction of sp³-hybridized carbons (Fsp3) is 0.235. The number of hydrogen-bond donors (Lipinski definition) is 1. The molecular weight excluding hydrogens is 321 g/mol. The van der Waals surface area contributed by atoms with Crippen molar-refractivity contribution < 1.29 is 9.53 Å². The first kappa shape index (κ1) is 16.8. The maximum Gasteiger partial charge on any atom is 0.224 e. The van der Waals surface area contributed by atoms with E-state index in [4.69, 9.17) is 27.9 Å². The molecule has 0 heterocycles. The Labute approximate surface area is 140 Å². The fourth-order valence-electron chi connectivity index (χ4n) is 2.14. The van der Waals surface area contributed by atoms with Crippen molar-refractivity contribution in [2.24, 2.45) is 0 Å². The summed E-state index contributed by atoms with van der Waals surface area (Å²) in [7, 11) is 1.59. The van der Waals surface area contributed by atoms with E-state index in [1.165, 1.54) is 0 Å². The number of benzene rings is 2. The second-order valence-corrected chi connectivity index (χ2v) is 5.63. The smallest absolute Gasteiger partial charge is 0.224 e. The summed E-state index contributed by atoms with van der Waals surface area (Å²) in [5.74, 6) is -0.109. The monoisotopic (exact) mass is 337 g/mol. The molecule has 1 atom stereocenters. The summed E-state index contributed by atoms with van der Waals surface area (Å²) in [6.07, 6.45) is -0.0533. The van der Waals surface area contributed by atoms with Crippen molar-refractivity contribution in [2.75, 3.05) is 13.7 Å². The molecule has 0 saturated heterocycles. The molecule has 0 saturated carbocycles. The van der Waals surface area contributed by atoms with Gasteiger partial charge in [0.05, 0.1) is 6.42 Å². The van der Waals surface area contributed by atoms with Crippen LogP contribution in [-0.2, 0) is 16.0 Å². The van der Waals surface area contributed by atoms with Crippen LogP contribution in [-0.4, -0.2) is 19.6 Å². The van der Waals surface area contributed by atoms with Gasteiger partial charge in [0.25, 0.3) is 0 Å². The highest BCUT2D eigenvalue weighted by atomic mass is 35.5. The molecule has 0 aliphatic heterocycles. The van der Waals surface area contributed by atoms with Crippen molar-refractivity contribution in [3.8, 4) is 0 Å². The van der Waals surface area contributed by atoms with Gasteiger partial charge < -0.3 is 10.1 Å². The maximum absolute atomic E-state index is 12.0. The standard InChI is InChI=1S/C17H17Cl2NO2/c1-22-16(13-7-3-5-9-15(13)19)11-20-17(21)10-12-6-2-4-8-14(12)18/h2-9,16H,10-11H2,1H3,(H,20,21). The van der Waals surface area contributed by atoms with Crippen LogP contribution in [0.4, 0.5) is 0 Å². The molecule has 0 fully saturated rings. The third-order valence-corrected chi connectivity index (χ3v) is 4.04. The van der Waals surface area contributed by atoms with Crippen molar-refractivity contribution in [3.05, 3.63) is 69.7 Å². The Morgan fingerprint density at radius 2 is 1.73 bits per heavy atom. The number of carbonyl (C=O) groups is 1. The van der Waals surface area contributed by atoms with Crippen LogP contribution in [0.2, 0.25) is 10.0 Å². The lowest BCUT2D eigenvalue weighted by atomic mass is 10.1. The number of carbonyl (C=O) groups excluding carboxylic acids is 1. The summed E-state index contributed by atoms with van der Waals surface area (Å²) in [4.78, 5) is 12.0. The number of rotatable bonds is 6. The minimum atomic E-state index is -0.288. The maximum atomic E-state index is 12.0. The Balaban J connectivity index is 1.95. The summed E-state index contributed by atoms with van der Waals surface area (Å²) in [6.45, 7) is 0.351. The zero-order chi connectivity index (χ0) is 15.9. The molecule has 2 aromatic carbocycles. The van der Waals surface area contributed by atoms with Crippen LogP contribution in [0.3, 0.4) is 0 Å². The molecule has 22 heavy (non-hydrogen) atoms. The number of ether oxygens (including phenoxy) is 1. The molecule has 0 radical (unpaired) electrons. The Morgan fingerprint density at radius 1 is 1.09 bits per heavy atom. The number of halogens is 2. The van der Waals surface area contributed by atoms with Crippen molar-refractivity contribution in [1.29, 1.82) is 0 Å². The number of hydrogen-bond acceptors (Lipinski definition) is 2. The highest BCUT2D eigenvalue weighted by Gasteiger charge is 2.15. The SMILES string of the molecule is COC(CNC(=O)Cc1ccccc1Cl)c1ccccc1Cl. The van der Waals surface area contributed by atoms with Gasteiger partial charge in [-0.15, -0.1) is 0 Å². The first-order valence-electron chi connectivity index (χ1n) is 6.89. The predicted molar refractivity (Wildman–Crippen MR) is 89.4 cm³/mol. The van der Waals surface area contributed by atoms with E-state index in [9.17, 15) is 4.79 Å². The summed E-state index contributed by atoms with van der Waals surface area (Å²) in [6, 6.07) is 14.7. The van der Waals surface area contributed by atoms with E-state index in [0.29, 0.717) is 16.6 Å². The molecule has 1 N–H and O–H groups in total. The lowest BCUT2D eigenvalue weighted by Gasteiger charge is -2.18. The van der Waals surface area contributed by atoms with Crippen LogP contribution >= 0.6 is 23.2 Å². The second-order valence-electron chi connectivity index (χ2n) is 4.82. The van der Waals surface area contributed by atoms with E-state index >= 15 is 0 Å². The molecule has 0 aliphatic carbocycles. The average Bonchev–Trinajstić information content (AvgIpc) is 2.52. The minimum absolute atomic E-state index is 0.109. The Kier molecular flexibility index (Phi) is 6.25. The van der Waals surface area contributed by atoms with Gasteiger partial charge in [-0.3, -0.25) is 4.79 Å². The molecule has 2 rings (SSSR count). The molecule has 0 aliphatic rings. The lowest BCUT2D eigenvalue weighted by Crippen LogP contribution is -2.30. The molecule has 1 amide bonds. The second kappa shape index (κ2) is 8.18. The van der Waals surface area contributed by atoms with Crippen LogP contribution in [0.1, 0.15) is 17.2 Å². The van der Waals surface area contributed by atoms with E-state index in [2.05, 4.69) is 5.32 Å². The molecule has 2 aromatic rings. The number of nitrogens with one attached hydrogen (secondary N) is 1. The topological polar surface area (TPSA) is 38.3 Å². The highest BCUT2D eigenvalue weighted by molar-refractivity contribution is 6.31.